The van der Waals surface area contributed by atoms with Crippen LogP contribution in [0.5, 0.6) is 0 Å². The molecule has 1 heterocycles. The van der Waals surface area contributed by atoms with Gasteiger partial charge in [-0.05, 0) is 0 Å². The van der Waals surface area contributed by atoms with Gasteiger partial charge in [-0.1, -0.05) is 0 Å². The Morgan fingerprint density at radius 3 is 2.75 bits per heavy atom. The van der Waals surface area contributed by atoms with Gasteiger partial charge in [-0.2, -0.15) is 0 Å². The normalized spacial score (nSPS) is 10.6. The first kappa shape index (κ1) is 12.3. The average Bonchev–Trinajstić information content (AvgIpc) is 2.21. The van der Waals surface area contributed by atoms with Crippen LogP contribution in [-0.4, -0.2) is 18.1 Å². The lowest BCUT2D eigenvalue weighted by Crippen LogP contribution is -2.11. The maximum absolute atomic E-state index is 13.0. The second kappa shape index (κ2) is 4.82. The number of anilines is 1. The van der Waals surface area contributed by atoms with Crippen molar-refractivity contribution in [1.82, 2.24) is 4.98 Å². The molecule has 1 aromatic heterocycles. The lowest BCUT2D eigenvalue weighted by molar-refractivity contribution is -0.139. The fraction of sp³-hybridized carbons (Fsp3) is 0.333. The second-order valence-corrected chi connectivity index (χ2v) is 2.93. The number of rotatable bonds is 3. The summed E-state index contributed by atoms with van der Waals surface area (Å²) in [7, 11) is 1.13. The molecule has 1 rings (SSSR count). The minimum atomic E-state index is -3.06. The van der Waals surface area contributed by atoms with Crippen molar-refractivity contribution in [1.29, 1.82) is 0 Å². The maximum Gasteiger partial charge on any atom is 0.311 e. The highest BCUT2D eigenvalue weighted by atomic mass is 19.3. The topological polar surface area (TPSA) is 65.2 Å². The number of pyridine rings is 1. The largest absolute Gasteiger partial charge is 0.469 e. The van der Waals surface area contributed by atoms with E-state index in [1.807, 2.05) is 0 Å². The first-order chi connectivity index (χ1) is 7.47. The number of nitrogens with two attached hydrogens (primary N) is 1. The molecule has 16 heavy (non-hydrogen) atoms. The fourth-order valence-electron chi connectivity index (χ4n) is 1.13. The highest BCUT2D eigenvalue weighted by molar-refractivity contribution is 5.74. The Kier molecular flexibility index (Phi) is 3.70. The number of carbonyl (C=O) groups excluding carboxylic acids is 1. The first-order valence-corrected chi connectivity index (χ1v) is 4.25. The number of alkyl halides is 2. The summed E-state index contributed by atoms with van der Waals surface area (Å²) in [5, 5.41) is 0. The summed E-state index contributed by atoms with van der Waals surface area (Å²) in [6.45, 7) is 0. The number of halogens is 3. The lowest BCUT2D eigenvalue weighted by atomic mass is 10.1. The number of carbonyl (C=O) groups is 1. The number of hydrogen-bond donors (Lipinski definition) is 1. The smallest absolute Gasteiger partial charge is 0.311 e. The van der Waals surface area contributed by atoms with E-state index in [9.17, 15) is 18.0 Å². The van der Waals surface area contributed by atoms with Crippen molar-refractivity contribution >= 4 is 11.7 Å². The quantitative estimate of drug-likeness (QED) is 0.804. The molecule has 0 fully saturated rings. The number of esters is 1. The summed E-state index contributed by atoms with van der Waals surface area (Å²) in [6.07, 6.45) is -2.82. The molecule has 7 heteroatoms. The molecule has 0 saturated carbocycles. The van der Waals surface area contributed by atoms with Crippen LogP contribution in [0.1, 0.15) is 17.7 Å². The summed E-state index contributed by atoms with van der Waals surface area (Å²) in [5.41, 5.74) is 3.73. The van der Waals surface area contributed by atoms with Gasteiger partial charge in [0.1, 0.15) is 0 Å². The molecule has 0 aromatic carbocycles. The van der Waals surface area contributed by atoms with Crippen molar-refractivity contribution in [3.8, 4) is 0 Å². The van der Waals surface area contributed by atoms with Gasteiger partial charge in [0.05, 0.1) is 36.7 Å². The van der Waals surface area contributed by atoms with E-state index in [2.05, 4.69) is 9.72 Å². The molecule has 0 atom stereocenters. The summed E-state index contributed by atoms with van der Waals surface area (Å²) in [6, 6.07) is 0. The van der Waals surface area contributed by atoms with Crippen LogP contribution in [0.2, 0.25) is 0 Å². The number of nitrogen functional groups attached to an aromatic ring is 1. The minimum Gasteiger partial charge on any atom is -0.469 e. The highest BCUT2D eigenvalue weighted by Gasteiger charge is 2.21. The number of aromatic nitrogens is 1. The number of ether oxygens (including phenoxy) is 1. The van der Waals surface area contributed by atoms with Gasteiger partial charge in [-0.15, -0.1) is 0 Å². The van der Waals surface area contributed by atoms with Crippen LogP contribution in [-0.2, 0) is 16.0 Å². The van der Waals surface area contributed by atoms with Gasteiger partial charge in [-0.3, -0.25) is 9.78 Å². The van der Waals surface area contributed by atoms with Crippen molar-refractivity contribution in [2.24, 2.45) is 0 Å². The molecule has 0 amide bonds. The third kappa shape index (κ3) is 2.41. The molecule has 0 aliphatic rings. The molecule has 0 spiro atoms. The molecular weight excluding hydrogens is 225 g/mol. The number of hydrogen-bond acceptors (Lipinski definition) is 4. The van der Waals surface area contributed by atoms with Crippen LogP contribution in [0.25, 0.3) is 0 Å². The third-order valence-corrected chi connectivity index (χ3v) is 1.95. The van der Waals surface area contributed by atoms with E-state index in [1.165, 1.54) is 0 Å². The molecular formula is C9H9F3N2O2. The Morgan fingerprint density at radius 2 is 2.25 bits per heavy atom. The predicted molar refractivity (Wildman–Crippen MR) is 49.3 cm³/mol. The number of methoxy groups -OCH3 is 1. The Balaban J connectivity index is 3.13. The standard InChI is InChI=1S/C9H9F3N2O2/c1-16-6(15)2-5-8(13)7(9(11)12)4(10)3-14-5/h3,9H,2,13H2,1H3. The summed E-state index contributed by atoms with van der Waals surface area (Å²) < 4.78 is 42.1. The molecule has 0 bridgehead atoms. The van der Waals surface area contributed by atoms with E-state index in [1.54, 1.807) is 0 Å². The van der Waals surface area contributed by atoms with Gasteiger partial charge in [0, 0.05) is 0 Å². The third-order valence-electron chi connectivity index (χ3n) is 1.95. The van der Waals surface area contributed by atoms with Gasteiger partial charge in [-0.25, -0.2) is 13.2 Å². The van der Waals surface area contributed by atoms with Crippen molar-refractivity contribution < 1.29 is 22.7 Å². The molecule has 2 N–H and O–H groups in total. The van der Waals surface area contributed by atoms with Crippen molar-refractivity contribution in [2.45, 2.75) is 12.8 Å². The Hall–Kier alpha value is -1.79. The Morgan fingerprint density at radius 1 is 1.62 bits per heavy atom. The van der Waals surface area contributed by atoms with E-state index < -0.39 is 29.5 Å². The number of nitrogens with zero attached hydrogens (tertiary/aromatic N) is 1. The van der Waals surface area contributed by atoms with Gasteiger partial charge in [0.15, 0.2) is 5.82 Å². The summed E-state index contributed by atoms with van der Waals surface area (Å²) in [4.78, 5) is 14.4. The molecule has 0 radical (unpaired) electrons. The zero-order chi connectivity index (χ0) is 12.3. The summed E-state index contributed by atoms with van der Waals surface area (Å²) >= 11 is 0. The van der Waals surface area contributed by atoms with E-state index >= 15 is 0 Å². The van der Waals surface area contributed by atoms with E-state index in [0.717, 1.165) is 7.11 Å². The first-order valence-electron chi connectivity index (χ1n) is 4.25. The summed E-state index contributed by atoms with van der Waals surface area (Å²) in [5.74, 6) is -1.88. The van der Waals surface area contributed by atoms with Crippen LogP contribution in [0, 0.1) is 5.82 Å². The Bertz CT molecular complexity index is 410. The van der Waals surface area contributed by atoms with Crippen LogP contribution in [0.4, 0.5) is 18.9 Å². The van der Waals surface area contributed by atoms with Gasteiger partial charge < -0.3 is 10.5 Å². The molecule has 4 nitrogen and oxygen atoms in total. The monoisotopic (exact) mass is 234 g/mol. The SMILES string of the molecule is COC(=O)Cc1ncc(F)c(C(F)F)c1N. The van der Waals surface area contributed by atoms with Crippen LogP contribution in [0.3, 0.4) is 0 Å². The lowest BCUT2D eigenvalue weighted by Gasteiger charge is -2.09. The van der Waals surface area contributed by atoms with Gasteiger partial charge in [0.2, 0.25) is 0 Å². The van der Waals surface area contributed by atoms with Crippen LogP contribution in [0.15, 0.2) is 6.20 Å². The van der Waals surface area contributed by atoms with Crippen molar-refractivity contribution in [2.75, 3.05) is 12.8 Å². The van der Waals surface area contributed by atoms with Crippen LogP contribution < -0.4 is 5.73 Å². The molecule has 0 unspecified atom stereocenters. The molecule has 0 aliphatic heterocycles. The zero-order valence-corrected chi connectivity index (χ0v) is 8.34. The van der Waals surface area contributed by atoms with Crippen LogP contribution >= 0.6 is 0 Å². The average molecular weight is 234 g/mol. The highest BCUT2D eigenvalue weighted by Crippen LogP contribution is 2.29. The Labute approximate surface area is 89.2 Å². The van der Waals surface area contributed by atoms with Gasteiger partial charge >= 0.3 is 5.97 Å². The van der Waals surface area contributed by atoms with E-state index in [0.29, 0.717) is 6.20 Å². The predicted octanol–water partition coefficient (Wildman–Crippen LogP) is 1.46. The molecule has 0 saturated heterocycles. The fourth-order valence-corrected chi connectivity index (χ4v) is 1.13. The second-order valence-electron chi connectivity index (χ2n) is 2.93. The maximum atomic E-state index is 13.0. The molecule has 88 valence electrons. The van der Waals surface area contributed by atoms with Crippen molar-refractivity contribution in [3.63, 3.8) is 0 Å². The molecule has 0 aliphatic carbocycles. The van der Waals surface area contributed by atoms with E-state index in [-0.39, 0.29) is 12.1 Å². The molecule has 1 aromatic rings. The zero-order valence-electron chi connectivity index (χ0n) is 8.34. The van der Waals surface area contributed by atoms with Crippen molar-refractivity contribution in [3.05, 3.63) is 23.3 Å². The van der Waals surface area contributed by atoms with E-state index in [4.69, 9.17) is 5.73 Å². The minimum absolute atomic E-state index is 0.122. The van der Waals surface area contributed by atoms with Gasteiger partial charge in [0.25, 0.3) is 6.43 Å².